The van der Waals surface area contributed by atoms with Gasteiger partial charge in [0.2, 0.25) is 0 Å². The summed E-state index contributed by atoms with van der Waals surface area (Å²) in [5.41, 5.74) is 3.18. The summed E-state index contributed by atoms with van der Waals surface area (Å²) >= 11 is 0. The fourth-order valence-corrected chi connectivity index (χ4v) is 4.27. The fourth-order valence-electron chi connectivity index (χ4n) is 4.27. The molecule has 5 rings (SSSR count). The Morgan fingerprint density at radius 2 is 1.80 bits per heavy atom. The van der Waals surface area contributed by atoms with E-state index in [9.17, 15) is 9.59 Å². The number of carbonyl (C=O) groups excluding carboxylic acids is 1. The van der Waals surface area contributed by atoms with E-state index in [1.54, 1.807) is 10.6 Å². The predicted octanol–water partition coefficient (Wildman–Crippen LogP) is 3.23. The minimum Gasteiger partial charge on any atom is -0.486 e. The van der Waals surface area contributed by atoms with Gasteiger partial charge in [-0.3, -0.25) is 14.3 Å². The van der Waals surface area contributed by atoms with Crippen LogP contribution in [0.25, 0.3) is 11.1 Å². The number of Topliss-reactive ketones (excluding diaryl/α,β-unsaturated/α-hetero) is 1. The Morgan fingerprint density at radius 1 is 1.03 bits per heavy atom. The highest BCUT2D eigenvalue weighted by Crippen LogP contribution is 2.32. The Morgan fingerprint density at radius 3 is 2.60 bits per heavy atom. The number of rotatable bonds is 4. The zero-order valence-corrected chi connectivity index (χ0v) is 16.9. The Hall–Kier alpha value is -3.06. The van der Waals surface area contributed by atoms with Crippen molar-refractivity contribution in [3.05, 3.63) is 58.1 Å². The molecule has 2 aromatic carbocycles. The van der Waals surface area contributed by atoms with Crippen molar-refractivity contribution in [2.75, 3.05) is 26.3 Å². The third-order valence-electron chi connectivity index (χ3n) is 5.95. The maximum atomic E-state index is 13.0. The van der Waals surface area contributed by atoms with Crippen molar-refractivity contribution in [3.63, 3.8) is 0 Å². The molecule has 0 bridgehead atoms. The van der Waals surface area contributed by atoms with E-state index in [0.717, 1.165) is 37.0 Å². The van der Waals surface area contributed by atoms with E-state index in [0.29, 0.717) is 42.5 Å². The summed E-state index contributed by atoms with van der Waals surface area (Å²) < 4.78 is 18.2. The van der Waals surface area contributed by atoms with Gasteiger partial charge in [-0.2, -0.15) is 0 Å². The molecule has 0 atom stereocenters. The number of ketones is 1. The minimum absolute atomic E-state index is 0.0242. The minimum atomic E-state index is -0.343. The zero-order chi connectivity index (χ0) is 20.7. The van der Waals surface area contributed by atoms with Crippen molar-refractivity contribution in [2.24, 2.45) is 5.92 Å². The molecule has 1 saturated heterocycles. The number of hydrogen-bond acceptors (Lipinski definition) is 6. The number of hydrogen-bond donors (Lipinski definition) is 0. The lowest BCUT2D eigenvalue weighted by Crippen LogP contribution is -2.39. The fraction of sp³-hybridized carbons (Fsp3) is 0.391. The lowest BCUT2D eigenvalue weighted by Gasteiger charge is -2.31. The van der Waals surface area contributed by atoms with Crippen LogP contribution < -0.4 is 15.2 Å². The van der Waals surface area contributed by atoms with Crippen molar-refractivity contribution in [1.82, 2.24) is 9.47 Å². The Bertz CT molecular complexity index is 1150. The van der Waals surface area contributed by atoms with Crippen LogP contribution in [0.15, 0.2) is 45.6 Å². The van der Waals surface area contributed by atoms with E-state index >= 15 is 0 Å². The molecule has 0 aliphatic carbocycles. The smallest absolute Gasteiger partial charge is 0.421 e. The number of ether oxygens (including phenoxy) is 2. The largest absolute Gasteiger partial charge is 0.486 e. The quantitative estimate of drug-likeness (QED) is 0.617. The molecule has 2 aliphatic heterocycles. The molecule has 0 N–H and O–H groups in total. The molecule has 2 aliphatic rings. The molecule has 0 unspecified atom stereocenters. The number of piperidine rings is 1. The number of carbonyl (C=O) groups is 1. The Labute approximate surface area is 173 Å². The van der Waals surface area contributed by atoms with Crippen molar-refractivity contribution in [3.8, 4) is 11.5 Å². The van der Waals surface area contributed by atoms with Gasteiger partial charge < -0.3 is 13.9 Å². The molecule has 0 radical (unpaired) electrons. The van der Waals surface area contributed by atoms with Crippen LogP contribution >= 0.6 is 0 Å². The van der Waals surface area contributed by atoms with Gasteiger partial charge in [-0.1, -0.05) is 6.07 Å². The third kappa shape index (κ3) is 3.50. The highest BCUT2D eigenvalue weighted by atomic mass is 16.6. The standard InChI is InChI=1S/C23H24N2O5/c1-15-2-4-19-18(12-15)25(23(27)30-19)14-24-8-6-16(7-9-24)22(26)17-3-5-20-21(13-17)29-11-10-28-20/h2-5,12-13,16H,6-11,14H2,1H3. The van der Waals surface area contributed by atoms with E-state index in [-0.39, 0.29) is 17.5 Å². The van der Waals surface area contributed by atoms with Crippen LogP contribution in [0.2, 0.25) is 0 Å². The summed E-state index contributed by atoms with van der Waals surface area (Å²) in [6.45, 7) is 5.02. The Kier molecular flexibility index (Phi) is 4.83. The monoisotopic (exact) mass is 408 g/mol. The van der Waals surface area contributed by atoms with Crippen LogP contribution in [0.4, 0.5) is 0 Å². The first-order chi connectivity index (χ1) is 14.6. The van der Waals surface area contributed by atoms with Gasteiger partial charge in [0, 0.05) is 24.6 Å². The highest BCUT2D eigenvalue weighted by Gasteiger charge is 2.27. The molecule has 3 aromatic rings. The van der Waals surface area contributed by atoms with E-state index in [1.807, 2.05) is 37.3 Å². The molecule has 0 saturated carbocycles. The number of oxazole rings is 1. The van der Waals surface area contributed by atoms with Gasteiger partial charge in [-0.15, -0.1) is 0 Å². The topological polar surface area (TPSA) is 73.9 Å². The van der Waals surface area contributed by atoms with Crippen LogP contribution in [0.3, 0.4) is 0 Å². The van der Waals surface area contributed by atoms with Gasteiger partial charge in [0.05, 0.1) is 12.2 Å². The van der Waals surface area contributed by atoms with E-state index < -0.39 is 0 Å². The molecule has 156 valence electrons. The van der Waals surface area contributed by atoms with Crippen LogP contribution in [0, 0.1) is 12.8 Å². The Balaban J connectivity index is 1.26. The second-order valence-electron chi connectivity index (χ2n) is 8.02. The van der Waals surface area contributed by atoms with Crippen LogP contribution in [0.5, 0.6) is 11.5 Å². The number of nitrogens with zero attached hydrogens (tertiary/aromatic N) is 2. The summed E-state index contributed by atoms with van der Waals surface area (Å²) in [4.78, 5) is 27.5. The molecule has 0 amide bonds. The molecule has 7 heteroatoms. The lowest BCUT2D eigenvalue weighted by molar-refractivity contribution is 0.0808. The highest BCUT2D eigenvalue weighted by molar-refractivity contribution is 5.98. The average Bonchev–Trinajstić information content (AvgIpc) is 3.08. The molecule has 7 nitrogen and oxygen atoms in total. The van der Waals surface area contributed by atoms with Crippen LogP contribution in [-0.2, 0) is 6.67 Å². The van der Waals surface area contributed by atoms with Crippen molar-refractivity contribution >= 4 is 16.9 Å². The van der Waals surface area contributed by atoms with Crippen LogP contribution in [0.1, 0.15) is 28.8 Å². The van der Waals surface area contributed by atoms with Gasteiger partial charge >= 0.3 is 5.76 Å². The number of fused-ring (bicyclic) bond motifs is 2. The molecule has 1 aromatic heterocycles. The maximum absolute atomic E-state index is 13.0. The first-order valence-electron chi connectivity index (χ1n) is 10.3. The van der Waals surface area contributed by atoms with Crippen LogP contribution in [-0.4, -0.2) is 41.6 Å². The molecular formula is C23H24N2O5. The van der Waals surface area contributed by atoms with E-state index in [1.165, 1.54) is 0 Å². The van der Waals surface area contributed by atoms with Crippen molar-refractivity contribution in [1.29, 1.82) is 0 Å². The van der Waals surface area contributed by atoms with Gasteiger partial charge in [0.25, 0.3) is 0 Å². The normalized spacial score (nSPS) is 17.4. The summed E-state index contributed by atoms with van der Waals surface area (Å²) in [5, 5.41) is 0. The third-order valence-corrected chi connectivity index (χ3v) is 5.95. The number of aryl methyl sites for hydroxylation is 1. The number of benzene rings is 2. The van der Waals surface area contributed by atoms with Crippen molar-refractivity contribution in [2.45, 2.75) is 26.4 Å². The second-order valence-corrected chi connectivity index (χ2v) is 8.02. The zero-order valence-electron chi connectivity index (χ0n) is 16.9. The first-order valence-corrected chi connectivity index (χ1v) is 10.3. The lowest BCUT2D eigenvalue weighted by atomic mass is 9.89. The molecular weight excluding hydrogens is 384 g/mol. The summed E-state index contributed by atoms with van der Waals surface area (Å²) in [5.74, 6) is 1.12. The SMILES string of the molecule is Cc1ccc2oc(=O)n(CN3CCC(C(=O)c4ccc5c(c4)OCCO5)CC3)c2c1. The summed E-state index contributed by atoms with van der Waals surface area (Å²) in [6, 6.07) is 11.2. The molecule has 30 heavy (non-hydrogen) atoms. The average molecular weight is 408 g/mol. The van der Waals surface area contributed by atoms with Gasteiger partial charge in [-0.25, -0.2) is 4.79 Å². The summed E-state index contributed by atoms with van der Waals surface area (Å²) in [7, 11) is 0. The second kappa shape index (κ2) is 7.65. The predicted molar refractivity (Wildman–Crippen MR) is 111 cm³/mol. The van der Waals surface area contributed by atoms with Gasteiger partial charge in [0.15, 0.2) is 22.9 Å². The van der Waals surface area contributed by atoms with E-state index in [4.69, 9.17) is 13.9 Å². The van der Waals surface area contributed by atoms with Gasteiger partial charge in [-0.05, 0) is 55.7 Å². The number of aromatic nitrogens is 1. The summed E-state index contributed by atoms with van der Waals surface area (Å²) in [6.07, 6.45) is 1.52. The van der Waals surface area contributed by atoms with E-state index in [2.05, 4.69) is 4.90 Å². The molecule has 3 heterocycles. The number of likely N-dealkylation sites (tertiary alicyclic amines) is 1. The van der Waals surface area contributed by atoms with Gasteiger partial charge in [0.1, 0.15) is 13.2 Å². The van der Waals surface area contributed by atoms with Crippen molar-refractivity contribution < 1.29 is 18.7 Å². The first kappa shape index (κ1) is 18.9. The molecule has 1 fully saturated rings. The maximum Gasteiger partial charge on any atom is 0.421 e. The molecule has 0 spiro atoms.